The van der Waals surface area contributed by atoms with Crippen molar-refractivity contribution in [3.05, 3.63) is 28.9 Å². The summed E-state index contributed by atoms with van der Waals surface area (Å²) in [4.78, 5) is 44.5. The van der Waals surface area contributed by atoms with Gasteiger partial charge in [-0.05, 0) is 69.6 Å². The van der Waals surface area contributed by atoms with Gasteiger partial charge in [-0.15, -0.1) is 0 Å². The lowest BCUT2D eigenvalue weighted by atomic mass is 9.91. The van der Waals surface area contributed by atoms with E-state index in [0.29, 0.717) is 34.9 Å². The number of rotatable bonds is 6. The van der Waals surface area contributed by atoms with Gasteiger partial charge in [0.25, 0.3) is 5.91 Å². The Morgan fingerprint density at radius 3 is 2.78 bits per heavy atom. The molecule has 5 atom stereocenters. The highest BCUT2D eigenvalue weighted by molar-refractivity contribution is 6.31. The summed E-state index contributed by atoms with van der Waals surface area (Å²) in [6.07, 6.45) is 3.69. The fraction of sp³-hybridized carbons (Fsp3) is 0.556. The van der Waals surface area contributed by atoms with Crippen LogP contribution in [0.15, 0.2) is 18.2 Å². The quantitative estimate of drug-likeness (QED) is 0.532. The summed E-state index contributed by atoms with van der Waals surface area (Å²) in [5.74, 6) is -0.184. The molecule has 1 aromatic carbocycles. The molecule has 9 nitrogen and oxygen atoms in total. The first-order valence-electron chi connectivity index (χ1n) is 12.8. The third-order valence-electron chi connectivity index (χ3n) is 8.12. The number of fused-ring (bicyclic) bond motifs is 2. The predicted molar refractivity (Wildman–Crippen MR) is 138 cm³/mol. The van der Waals surface area contributed by atoms with Gasteiger partial charge in [-0.3, -0.25) is 14.4 Å². The number of hydrogen-bond acceptors (Lipinski definition) is 5. The normalized spacial score (nSPS) is 27.0. The number of methoxy groups -OCH3 is 1. The van der Waals surface area contributed by atoms with Gasteiger partial charge in [0, 0.05) is 28.4 Å². The minimum Gasteiger partial charge on any atom is -0.496 e. The van der Waals surface area contributed by atoms with E-state index in [1.54, 1.807) is 30.2 Å². The van der Waals surface area contributed by atoms with Gasteiger partial charge in [0.1, 0.15) is 23.5 Å². The Morgan fingerprint density at radius 2 is 2.11 bits per heavy atom. The average molecular weight is 526 g/mol. The number of carbonyl (C=O) groups is 3. The molecule has 0 radical (unpaired) electrons. The van der Waals surface area contributed by atoms with Crippen LogP contribution in [-0.4, -0.2) is 58.9 Å². The van der Waals surface area contributed by atoms with E-state index in [1.807, 2.05) is 13.8 Å². The van der Waals surface area contributed by atoms with Crippen molar-refractivity contribution in [2.45, 2.75) is 63.6 Å². The lowest BCUT2D eigenvalue weighted by Crippen LogP contribution is -2.51. The Balaban J connectivity index is 1.37. The van der Waals surface area contributed by atoms with E-state index in [4.69, 9.17) is 16.3 Å². The van der Waals surface area contributed by atoms with Crippen molar-refractivity contribution in [1.29, 1.82) is 5.26 Å². The molecule has 196 valence electrons. The molecular weight excluding hydrogens is 494 g/mol. The van der Waals surface area contributed by atoms with Gasteiger partial charge in [0.05, 0.1) is 18.7 Å². The van der Waals surface area contributed by atoms with Crippen LogP contribution >= 0.6 is 11.6 Å². The highest BCUT2D eigenvalue weighted by Crippen LogP contribution is 2.43. The van der Waals surface area contributed by atoms with Crippen molar-refractivity contribution in [2.24, 2.45) is 17.8 Å². The van der Waals surface area contributed by atoms with Crippen LogP contribution in [0.25, 0.3) is 10.9 Å². The first-order chi connectivity index (χ1) is 17.6. The van der Waals surface area contributed by atoms with Gasteiger partial charge in [0.2, 0.25) is 11.8 Å². The van der Waals surface area contributed by atoms with Crippen LogP contribution < -0.4 is 15.4 Å². The number of nitrogens with one attached hydrogen (secondary N) is 3. The Kier molecular flexibility index (Phi) is 6.57. The largest absolute Gasteiger partial charge is 0.496 e. The molecule has 2 aromatic rings. The van der Waals surface area contributed by atoms with Crippen LogP contribution in [0, 0.1) is 29.1 Å². The molecule has 1 aromatic heterocycles. The first kappa shape index (κ1) is 25.4. The molecule has 5 unspecified atom stereocenters. The van der Waals surface area contributed by atoms with E-state index in [0.717, 1.165) is 24.6 Å². The maximum absolute atomic E-state index is 13.7. The SMILES string of the molecule is COc1cc(Cl)cc2[nH]c(C(=O)N3CC4CCCC4C3C(=O)NC(C#N)CC3CC(C)(C)NC3=O)cc12. The van der Waals surface area contributed by atoms with Crippen molar-refractivity contribution in [3.8, 4) is 11.8 Å². The summed E-state index contributed by atoms with van der Waals surface area (Å²) < 4.78 is 5.43. The maximum atomic E-state index is 13.7. The zero-order valence-electron chi connectivity index (χ0n) is 21.3. The minimum atomic E-state index is -0.811. The molecule has 0 spiro atoms. The average Bonchev–Trinajstić information content (AvgIpc) is 3.59. The fourth-order valence-electron chi connectivity index (χ4n) is 6.53. The Labute approximate surface area is 220 Å². The molecule has 1 aliphatic carbocycles. The lowest BCUT2D eigenvalue weighted by molar-refractivity contribution is -0.127. The van der Waals surface area contributed by atoms with Gasteiger partial charge in [0.15, 0.2) is 0 Å². The van der Waals surface area contributed by atoms with Gasteiger partial charge in [-0.2, -0.15) is 5.26 Å². The number of aromatic nitrogens is 1. The summed E-state index contributed by atoms with van der Waals surface area (Å²) in [5.41, 5.74) is 0.703. The number of H-pyrrole nitrogens is 1. The number of carbonyl (C=O) groups excluding carboxylic acids is 3. The number of likely N-dealkylation sites (tertiary alicyclic amines) is 1. The number of ether oxygens (including phenoxy) is 1. The van der Waals surface area contributed by atoms with Crippen LogP contribution in [0.4, 0.5) is 0 Å². The summed E-state index contributed by atoms with van der Waals surface area (Å²) in [6, 6.07) is 5.83. The lowest BCUT2D eigenvalue weighted by Gasteiger charge is -2.28. The molecule has 3 amide bonds. The summed E-state index contributed by atoms with van der Waals surface area (Å²) in [6.45, 7) is 4.38. The zero-order chi connectivity index (χ0) is 26.5. The topological polar surface area (TPSA) is 127 Å². The van der Waals surface area contributed by atoms with Gasteiger partial charge in [-0.25, -0.2) is 0 Å². The van der Waals surface area contributed by atoms with Crippen molar-refractivity contribution in [1.82, 2.24) is 20.5 Å². The van der Waals surface area contributed by atoms with Crippen LogP contribution in [0.1, 0.15) is 56.4 Å². The maximum Gasteiger partial charge on any atom is 0.271 e. The molecule has 0 bridgehead atoms. The monoisotopic (exact) mass is 525 g/mol. The number of hydrogen-bond donors (Lipinski definition) is 3. The molecule has 2 aliphatic heterocycles. The van der Waals surface area contributed by atoms with Crippen molar-refractivity contribution in [2.75, 3.05) is 13.7 Å². The molecule has 5 rings (SSSR count). The summed E-state index contributed by atoms with van der Waals surface area (Å²) in [7, 11) is 1.55. The minimum absolute atomic E-state index is 0.0466. The standard InChI is InChI=1S/C27H32ClN5O4/c1-27(2)11-15(24(34)32-27)7-17(12-29)30-25(35)23-18-6-4-5-14(18)13-33(23)26(36)21-10-19-20(31-21)8-16(28)9-22(19)37-3/h8-10,14-15,17-18,23,31H,4-7,11,13H2,1-3H3,(H,30,35)(H,32,34). The van der Waals surface area contributed by atoms with Gasteiger partial charge >= 0.3 is 0 Å². The number of amides is 3. The van der Waals surface area contributed by atoms with E-state index in [-0.39, 0.29) is 47.4 Å². The predicted octanol–water partition coefficient (Wildman–Crippen LogP) is 3.38. The molecule has 3 heterocycles. The fourth-order valence-corrected chi connectivity index (χ4v) is 6.74. The number of benzene rings is 1. The second-order valence-electron chi connectivity index (χ2n) is 11.2. The second-order valence-corrected chi connectivity index (χ2v) is 11.6. The molecule has 3 aliphatic rings. The van der Waals surface area contributed by atoms with Crippen LogP contribution in [-0.2, 0) is 9.59 Å². The van der Waals surface area contributed by atoms with Crippen molar-refractivity contribution >= 4 is 40.2 Å². The van der Waals surface area contributed by atoms with Gasteiger partial charge in [-0.1, -0.05) is 18.0 Å². The van der Waals surface area contributed by atoms with Crippen molar-refractivity contribution in [3.63, 3.8) is 0 Å². The van der Waals surface area contributed by atoms with E-state index >= 15 is 0 Å². The smallest absolute Gasteiger partial charge is 0.271 e. The zero-order valence-corrected chi connectivity index (χ0v) is 22.0. The highest BCUT2D eigenvalue weighted by Gasteiger charge is 2.50. The van der Waals surface area contributed by atoms with Crippen LogP contribution in [0.2, 0.25) is 5.02 Å². The molecule has 2 saturated heterocycles. The van der Waals surface area contributed by atoms with E-state index in [2.05, 4.69) is 21.7 Å². The van der Waals surface area contributed by atoms with E-state index in [9.17, 15) is 19.6 Å². The van der Waals surface area contributed by atoms with E-state index in [1.165, 1.54) is 0 Å². The van der Waals surface area contributed by atoms with Gasteiger partial charge < -0.3 is 25.3 Å². The molecule has 37 heavy (non-hydrogen) atoms. The second kappa shape index (κ2) is 9.56. The molecule has 3 N–H and O–H groups in total. The third kappa shape index (κ3) is 4.75. The number of aromatic amines is 1. The Bertz CT molecular complexity index is 1300. The number of nitrogens with zero attached hydrogens (tertiary/aromatic N) is 2. The van der Waals surface area contributed by atoms with Crippen LogP contribution in [0.5, 0.6) is 5.75 Å². The number of halogens is 1. The van der Waals surface area contributed by atoms with Crippen LogP contribution in [0.3, 0.4) is 0 Å². The summed E-state index contributed by atoms with van der Waals surface area (Å²) in [5, 5.41) is 16.8. The molecular formula is C27H32ClN5O4. The molecule has 10 heteroatoms. The Morgan fingerprint density at radius 1 is 1.32 bits per heavy atom. The highest BCUT2D eigenvalue weighted by atomic mass is 35.5. The molecule has 1 saturated carbocycles. The third-order valence-corrected chi connectivity index (χ3v) is 8.33. The molecule has 3 fully saturated rings. The summed E-state index contributed by atoms with van der Waals surface area (Å²) >= 11 is 6.20. The Hall–Kier alpha value is -3.25. The number of nitriles is 1. The van der Waals surface area contributed by atoms with Crippen molar-refractivity contribution < 1.29 is 19.1 Å². The van der Waals surface area contributed by atoms with E-state index < -0.39 is 12.1 Å². The first-order valence-corrected chi connectivity index (χ1v) is 13.2.